The first-order valence-corrected chi connectivity index (χ1v) is 15.1. The highest BCUT2D eigenvalue weighted by Crippen LogP contribution is 2.41. The summed E-state index contributed by atoms with van der Waals surface area (Å²) in [6, 6.07) is 35.0. The first-order valence-electron chi connectivity index (χ1n) is 13.2. The van der Waals surface area contributed by atoms with Crippen LogP contribution in [0.15, 0.2) is 119 Å². The molecule has 2 nitrogen and oxygen atoms in total. The summed E-state index contributed by atoms with van der Waals surface area (Å²) in [5, 5.41) is 9.94. The molecule has 38 heavy (non-hydrogen) atoms. The molecule has 2 heterocycles. The first kappa shape index (κ1) is 25.3. The van der Waals surface area contributed by atoms with Gasteiger partial charge >= 0.3 is 0 Å². The van der Waals surface area contributed by atoms with Crippen LogP contribution in [0.2, 0.25) is 0 Å². The van der Waals surface area contributed by atoms with Crippen LogP contribution >= 0.6 is 23.5 Å². The van der Waals surface area contributed by atoms with Crippen molar-refractivity contribution in [3.05, 3.63) is 143 Å². The van der Waals surface area contributed by atoms with Gasteiger partial charge in [-0.05, 0) is 56.7 Å². The minimum Gasteiger partial charge on any atom is -0.395 e. The largest absolute Gasteiger partial charge is 0.395 e. The van der Waals surface area contributed by atoms with Gasteiger partial charge in [0.2, 0.25) is 0 Å². The van der Waals surface area contributed by atoms with Gasteiger partial charge in [-0.15, -0.1) is 23.5 Å². The maximum absolute atomic E-state index is 9.94. The molecule has 0 unspecified atom stereocenters. The fourth-order valence-corrected chi connectivity index (χ4v) is 7.47. The van der Waals surface area contributed by atoms with Crippen LogP contribution < -0.4 is 0 Å². The molecule has 190 valence electrons. The summed E-state index contributed by atoms with van der Waals surface area (Å²) in [6.45, 7) is 2.30. The van der Waals surface area contributed by atoms with E-state index in [4.69, 9.17) is 0 Å². The quantitative estimate of drug-likeness (QED) is 0.274. The molecule has 0 aliphatic carbocycles. The maximum atomic E-state index is 9.94. The van der Waals surface area contributed by atoms with Gasteiger partial charge in [0.15, 0.2) is 0 Å². The molecule has 0 saturated heterocycles. The first-order chi connectivity index (χ1) is 18.8. The van der Waals surface area contributed by atoms with Crippen LogP contribution in [-0.2, 0) is 11.5 Å². The van der Waals surface area contributed by atoms with Crippen LogP contribution in [0.25, 0.3) is 11.1 Å². The van der Waals surface area contributed by atoms with E-state index in [2.05, 4.69) is 114 Å². The summed E-state index contributed by atoms with van der Waals surface area (Å²) in [5.41, 5.74) is 10.6. The Morgan fingerprint density at radius 1 is 0.579 bits per heavy atom. The minimum atomic E-state index is 0.137. The van der Waals surface area contributed by atoms with E-state index in [-0.39, 0.29) is 6.61 Å². The SMILES string of the molecule is OCCN(C/C=C1/c2ccccc2CSc2ccccc21)C/C=C1\c2ccccc2CSc2ccccc21. The van der Waals surface area contributed by atoms with E-state index in [0.717, 1.165) is 24.6 Å². The number of fused-ring (bicyclic) bond motifs is 4. The Hall–Kier alpha value is -3.02. The Bertz CT molecular complexity index is 1300. The number of rotatable bonds is 6. The molecule has 0 saturated carbocycles. The van der Waals surface area contributed by atoms with Crippen molar-refractivity contribution in [2.24, 2.45) is 0 Å². The molecule has 2 aliphatic heterocycles. The molecule has 4 aromatic rings. The Balaban J connectivity index is 1.35. The van der Waals surface area contributed by atoms with E-state index in [1.165, 1.54) is 54.3 Å². The smallest absolute Gasteiger partial charge is 0.0558 e. The normalized spacial score (nSPS) is 16.4. The molecule has 6 rings (SSSR count). The van der Waals surface area contributed by atoms with Gasteiger partial charge in [-0.3, -0.25) is 4.90 Å². The molecule has 4 heteroatoms. The summed E-state index contributed by atoms with van der Waals surface area (Å²) >= 11 is 3.83. The zero-order valence-electron chi connectivity index (χ0n) is 21.3. The summed E-state index contributed by atoms with van der Waals surface area (Å²) < 4.78 is 0. The van der Waals surface area contributed by atoms with Crippen molar-refractivity contribution in [3.63, 3.8) is 0 Å². The fourth-order valence-electron chi connectivity index (χ4n) is 5.33. The summed E-state index contributed by atoms with van der Waals surface area (Å²) in [4.78, 5) is 5.00. The lowest BCUT2D eigenvalue weighted by Gasteiger charge is -2.21. The van der Waals surface area contributed by atoms with Gasteiger partial charge in [0.25, 0.3) is 0 Å². The van der Waals surface area contributed by atoms with Gasteiger partial charge in [-0.1, -0.05) is 97.1 Å². The number of nitrogens with zero attached hydrogens (tertiary/aromatic N) is 1. The highest BCUT2D eigenvalue weighted by molar-refractivity contribution is 7.98. The summed E-state index contributed by atoms with van der Waals surface area (Å²) in [5.74, 6) is 1.96. The maximum Gasteiger partial charge on any atom is 0.0558 e. The molecular weight excluding hydrogens is 503 g/mol. The lowest BCUT2D eigenvalue weighted by Crippen LogP contribution is -2.27. The third-order valence-electron chi connectivity index (χ3n) is 7.26. The van der Waals surface area contributed by atoms with Gasteiger partial charge in [-0.25, -0.2) is 0 Å². The number of hydrogen-bond acceptors (Lipinski definition) is 4. The molecule has 0 spiro atoms. The number of hydrogen-bond donors (Lipinski definition) is 1. The van der Waals surface area contributed by atoms with Crippen LogP contribution in [0.4, 0.5) is 0 Å². The number of benzene rings is 4. The zero-order chi connectivity index (χ0) is 25.7. The Morgan fingerprint density at radius 3 is 1.47 bits per heavy atom. The topological polar surface area (TPSA) is 23.5 Å². The second-order valence-corrected chi connectivity index (χ2v) is 11.6. The molecule has 0 bridgehead atoms. The van der Waals surface area contributed by atoms with Crippen molar-refractivity contribution in [1.82, 2.24) is 4.90 Å². The van der Waals surface area contributed by atoms with Crippen molar-refractivity contribution in [1.29, 1.82) is 0 Å². The molecule has 0 radical (unpaired) electrons. The Kier molecular flexibility index (Phi) is 7.84. The van der Waals surface area contributed by atoms with E-state index in [1.54, 1.807) is 0 Å². The average molecular weight is 534 g/mol. The van der Waals surface area contributed by atoms with Crippen molar-refractivity contribution in [2.45, 2.75) is 21.3 Å². The lowest BCUT2D eigenvalue weighted by atomic mass is 9.93. The molecule has 0 aromatic heterocycles. The third-order valence-corrected chi connectivity index (χ3v) is 9.50. The van der Waals surface area contributed by atoms with E-state index in [9.17, 15) is 5.11 Å². The summed E-state index contributed by atoms with van der Waals surface area (Å²) in [7, 11) is 0. The van der Waals surface area contributed by atoms with E-state index < -0.39 is 0 Å². The van der Waals surface area contributed by atoms with Gasteiger partial charge in [0.1, 0.15) is 0 Å². The lowest BCUT2D eigenvalue weighted by molar-refractivity contribution is 0.220. The molecule has 0 amide bonds. The summed E-state index contributed by atoms with van der Waals surface area (Å²) in [6.07, 6.45) is 4.73. The van der Waals surface area contributed by atoms with Gasteiger partial charge in [0, 0.05) is 40.9 Å². The van der Waals surface area contributed by atoms with Gasteiger partial charge < -0.3 is 5.11 Å². The highest BCUT2D eigenvalue weighted by atomic mass is 32.2. The Labute approximate surface area is 234 Å². The predicted molar refractivity (Wildman–Crippen MR) is 163 cm³/mol. The number of aliphatic hydroxyl groups excluding tert-OH is 1. The van der Waals surface area contributed by atoms with Crippen molar-refractivity contribution in [2.75, 3.05) is 26.2 Å². The highest BCUT2D eigenvalue weighted by Gasteiger charge is 2.20. The second kappa shape index (κ2) is 11.8. The van der Waals surface area contributed by atoms with Crippen molar-refractivity contribution in [3.8, 4) is 0 Å². The van der Waals surface area contributed by atoms with Crippen molar-refractivity contribution < 1.29 is 5.11 Å². The van der Waals surface area contributed by atoms with Gasteiger partial charge in [0.05, 0.1) is 6.61 Å². The molecule has 4 aromatic carbocycles. The second-order valence-electron chi connectivity index (χ2n) is 9.60. The minimum absolute atomic E-state index is 0.137. The van der Waals surface area contributed by atoms with Crippen LogP contribution in [0.1, 0.15) is 33.4 Å². The molecule has 0 atom stereocenters. The number of thioether (sulfide) groups is 2. The van der Waals surface area contributed by atoms with Crippen LogP contribution in [0.5, 0.6) is 0 Å². The third kappa shape index (κ3) is 5.27. The van der Waals surface area contributed by atoms with Gasteiger partial charge in [-0.2, -0.15) is 0 Å². The molecule has 1 N–H and O–H groups in total. The monoisotopic (exact) mass is 533 g/mol. The Morgan fingerprint density at radius 2 is 1.00 bits per heavy atom. The zero-order valence-corrected chi connectivity index (χ0v) is 23.0. The van der Waals surface area contributed by atoms with Crippen LogP contribution in [0.3, 0.4) is 0 Å². The predicted octanol–water partition coefficient (Wildman–Crippen LogP) is 7.76. The van der Waals surface area contributed by atoms with Crippen LogP contribution in [-0.4, -0.2) is 36.2 Å². The molecular formula is C34H31NOS2. The standard InChI is InChI=1S/C34H31NOS2/c36-22-21-35(19-17-29-27-11-3-1-9-25(27)23-37-33-15-7-5-13-31(29)33)20-18-30-28-12-4-2-10-26(28)24-38-34-16-8-6-14-32(30)34/h1-18,36H,19-24H2/b29-17-,30-18+. The average Bonchev–Trinajstić information content (AvgIpc) is 3.23. The van der Waals surface area contributed by atoms with E-state index in [1.807, 2.05) is 23.5 Å². The van der Waals surface area contributed by atoms with Crippen molar-refractivity contribution >= 4 is 34.7 Å². The van der Waals surface area contributed by atoms with E-state index in [0.29, 0.717) is 6.54 Å². The fraction of sp³-hybridized carbons (Fsp3) is 0.176. The number of aliphatic hydroxyl groups is 1. The van der Waals surface area contributed by atoms with Crippen LogP contribution in [0, 0.1) is 0 Å². The molecule has 0 fully saturated rings. The van der Waals surface area contributed by atoms with E-state index >= 15 is 0 Å². The molecule has 2 aliphatic rings.